The van der Waals surface area contributed by atoms with Crippen LogP contribution in [0.2, 0.25) is 5.04 Å². The fraction of sp³-hybridized carbons (Fsp3) is 0.429. The predicted molar refractivity (Wildman–Crippen MR) is 101 cm³/mol. The van der Waals surface area contributed by atoms with Crippen molar-refractivity contribution in [3.63, 3.8) is 0 Å². The molecular weight excluding hydrogens is 296 g/mol. The Bertz CT molecular complexity index is 590. The molecule has 0 saturated heterocycles. The molecule has 2 aromatic rings. The van der Waals surface area contributed by atoms with Crippen LogP contribution in [-0.4, -0.2) is 14.9 Å². The Labute approximate surface area is 141 Å². The number of benzene rings is 2. The molecule has 2 atom stereocenters. The summed E-state index contributed by atoms with van der Waals surface area (Å²) in [5.41, 5.74) is 0. The van der Waals surface area contributed by atoms with E-state index in [4.69, 9.17) is 4.43 Å². The first kappa shape index (κ1) is 16.5. The van der Waals surface area contributed by atoms with Crippen molar-refractivity contribution >= 4 is 18.7 Å². The van der Waals surface area contributed by atoms with Gasteiger partial charge >= 0.3 is 0 Å². The highest BCUT2D eigenvalue weighted by Crippen LogP contribution is 2.41. The molecule has 0 amide bonds. The van der Waals surface area contributed by atoms with Gasteiger partial charge in [-0.05, 0) is 33.7 Å². The van der Waals surface area contributed by atoms with Gasteiger partial charge in [0.2, 0.25) is 0 Å². The van der Waals surface area contributed by atoms with Gasteiger partial charge in [-0.1, -0.05) is 88.4 Å². The van der Waals surface area contributed by atoms with E-state index in [0.717, 1.165) is 18.4 Å². The van der Waals surface area contributed by atoms with Crippen LogP contribution in [0.1, 0.15) is 34.1 Å². The Hall–Kier alpha value is -1.38. The van der Waals surface area contributed by atoms with Gasteiger partial charge in [-0.25, -0.2) is 0 Å². The molecule has 0 aromatic heterocycles. The first-order valence-electron chi connectivity index (χ1n) is 8.70. The summed E-state index contributed by atoms with van der Waals surface area (Å²) in [7, 11) is -2.30. The summed E-state index contributed by atoms with van der Waals surface area (Å²) < 4.78 is 6.90. The second kappa shape index (κ2) is 6.25. The lowest BCUT2D eigenvalue weighted by molar-refractivity contribution is 0.275. The minimum absolute atomic E-state index is 0.0911. The molecule has 2 unspecified atom stereocenters. The van der Waals surface area contributed by atoms with Crippen molar-refractivity contribution in [2.24, 2.45) is 11.8 Å². The van der Waals surface area contributed by atoms with E-state index in [9.17, 15) is 0 Å². The molecule has 0 aliphatic heterocycles. The quantitative estimate of drug-likeness (QED) is 0.748. The molecule has 23 heavy (non-hydrogen) atoms. The van der Waals surface area contributed by atoms with E-state index in [2.05, 4.69) is 88.4 Å². The molecule has 1 saturated carbocycles. The van der Waals surface area contributed by atoms with Crippen molar-refractivity contribution in [2.75, 3.05) is 6.61 Å². The highest BCUT2D eigenvalue weighted by molar-refractivity contribution is 6.99. The third-order valence-electron chi connectivity index (χ3n) is 5.21. The smallest absolute Gasteiger partial charge is 0.261 e. The van der Waals surface area contributed by atoms with Crippen molar-refractivity contribution < 1.29 is 4.43 Å². The Morgan fingerprint density at radius 1 is 0.913 bits per heavy atom. The summed E-state index contributed by atoms with van der Waals surface area (Å²) in [5.74, 6) is 1.57. The normalized spacial score (nSPS) is 21.2. The van der Waals surface area contributed by atoms with Crippen molar-refractivity contribution in [1.29, 1.82) is 0 Å². The van der Waals surface area contributed by atoms with Gasteiger partial charge in [-0.2, -0.15) is 0 Å². The van der Waals surface area contributed by atoms with E-state index in [1.807, 2.05) is 0 Å². The van der Waals surface area contributed by atoms with Crippen LogP contribution in [-0.2, 0) is 4.43 Å². The average molecular weight is 325 g/mol. The van der Waals surface area contributed by atoms with Crippen LogP contribution < -0.4 is 10.4 Å². The maximum Gasteiger partial charge on any atom is 0.261 e. The first-order valence-corrected chi connectivity index (χ1v) is 10.6. The topological polar surface area (TPSA) is 9.23 Å². The second-order valence-corrected chi connectivity index (χ2v) is 12.3. The molecule has 0 N–H and O–H groups in total. The monoisotopic (exact) mass is 324 g/mol. The Balaban J connectivity index is 2.09. The lowest BCUT2D eigenvalue weighted by atomic mass is 10.2. The third-order valence-corrected chi connectivity index (χ3v) is 10.2. The summed E-state index contributed by atoms with van der Waals surface area (Å²) in [6.45, 7) is 10.3. The maximum atomic E-state index is 6.90. The summed E-state index contributed by atoms with van der Waals surface area (Å²) in [4.78, 5) is 0. The van der Waals surface area contributed by atoms with Gasteiger partial charge < -0.3 is 4.43 Å². The third kappa shape index (κ3) is 3.15. The van der Waals surface area contributed by atoms with Crippen molar-refractivity contribution in [2.45, 2.75) is 39.2 Å². The predicted octanol–water partition coefficient (Wildman–Crippen LogP) is 4.22. The summed E-state index contributed by atoms with van der Waals surface area (Å²) in [6, 6.07) is 21.8. The van der Waals surface area contributed by atoms with Crippen LogP contribution in [0.5, 0.6) is 0 Å². The van der Waals surface area contributed by atoms with Crippen molar-refractivity contribution in [3.8, 4) is 0 Å². The van der Waals surface area contributed by atoms with Crippen LogP contribution in [0.4, 0.5) is 0 Å². The first-order chi connectivity index (χ1) is 10.9. The van der Waals surface area contributed by atoms with E-state index in [1.165, 1.54) is 16.8 Å². The standard InChI is InChI=1S/C21H28OSi/c1-17-15-18(17)16-22-23(21(2,3)4,19-11-7-5-8-12-19)20-13-9-6-10-14-20/h5-14,17-18H,15-16H2,1-4H3. The molecule has 0 heterocycles. The number of hydrogen-bond acceptors (Lipinski definition) is 1. The maximum absolute atomic E-state index is 6.90. The van der Waals surface area contributed by atoms with E-state index in [1.54, 1.807) is 0 Å². The molecule has 0 spiro atoms. The SMILES string of the molecule is CC1CC1CO[Si](c1ccccc1)(c1ccccc1)C(C)(C)C. The van der Waals surface area contributed by atoms with Gasteiger partial charge in [-0.3, -0.25) is 0 Å². The van der Waals surface area contributed by atoms with Gasteiger partial charge in [0.15, 0.2) is 0 Å². The van der Waals surface area contributed by atoms with E-state index in [0.29, 0.717) is 0 Å². The summed E-state index contributed by atoms with van der Waals surface area (Å²) >= 11 is 0. The fourth-order valence-corrected chi connectivity index (χ4v) is 8.24. The molecule has 1 aliphatic carbocycles. The van der Waals surface area contributed by atoms with E-state index >= 15 is 0 Å². The zero-order valence-electron chi connectivity index (χ0n) is 14.8. The van der Waals surface area contributed by atoms with E-state index in [-0.39, 0.29) is 5.04 Å². The fourth-order valence-electron chi connectivity index (χ4n) is 3.62. The lowest BCUT2D eigenvalue weighted by Gasteiger charge is -2.43. The van der Waals surface area contributed by atoms with Gasteiger partial charge in [0, 0.05) is 6.61 Å². The Kier molecular flexibility index (Phi) is 4.48. The van der Waals surface area contributed by atoms with Crippen molar-refractivity contribution in [1.82, 2.24) is 0 Å². The van der Waals surface area contributed by atoms with Crippen LogP contribution >= 0.6 is 0 Å². The highest BCUT2D eigenvalue weighted by Gasteiger charge is 2.51. The molecular formula is C21H28OSi. The number of hydrogen-bond donors (Lipinski definition) is 0. The molecule has 0 radical (unpaired) electrons. The largest absolute Gasteiger partial charge is 0.407 e. The second-order valence-electron chi connectivity index (χ2n) is 7.95. The molecule has 1 aliphatic rings. The van der Waals surface area contributed by atoms with Crippen LogP contribution in [0.15, 0.2) is 60.7 Å². The van der Waals surface area contributed by atoms with Crippen LogP contribution in [0, 0.1) is 11.8 Å². The molecule has 122 valence electrons. The molecule has 3 rings (SSSR count). The zero-order valence-corrected chi connectivity index (χ0v) is 15.8. The molecule has 1 nitrogen and oxygen atoms in total. The molecule has 2 heteroatoms. The Morgan fingerprint density at radius 2 is 1.35 bits per heavy atom. The van der Waals surface area contributed by atoms with Gasteiger partial charge in [0.1, 0.15) is 0 Å². The molecule has 2 aromatic carbocycles. The Morgan fingerprint density at radius 3 is 1.70 bits per heavy atom. The lowest BCUT2D eigenvalue weighted by Crippen LogP contribution is -2.66. The number of rotatable bonds is 5. The van der Waals surface area contributed by atoms with Crippen molar-refractivity contribution in [3.05, 3.63) is 60.7 Å². The molecule has 1 fully saturated rings. The van der Waals surface area contributed by atoms with Crippen LogP contribution in [0.3, 0.4) is 0 Å². The van der Waals surface area contributed by atoms with Gasteiger partial charge in [0.25, 0.3) is 8.32 Å². The summed E-state index contributed by atoms with van der Waals surface area (Å²) in [6.07, 6.45) is 1.32. The zero-order chi connectivity index (χ0) is 16.5. The van der Waals surface area contributed by atoms with Gasteiger partial charge in [0.05, 0.1) is 0 Å². The highest BCUT2D eigenvalue weighted by atomic mass is 28.4. The minimum Gasteiger partial charge on any atom is -0.407 e. The molecule has 0 bridgehead atoms. The minimum atomic E-state index is -2.30. The van der Waals surface area contributed by atoms with Gasteiger partial charge in [-0.15, -0.1) is 0 Å². The van der Waals surface area contributed by atoms with Crippen LogP contribution in [0.25, 0.3) is 0 Å². The summed E-state index contributed by atoms with van der Waals surface area (Å²) in [5, 5.41) is 2.85. The van der Waals surface area contributed by atoms with E-state index < -0.39 is 8.32 Å². The average Bonchev–Trinajstić information content (AvgIpc) is 3.24.